The Labute approximate surface area is 120 Å². The summed E-state index contributed by atoms with van der Waals surface area (Å²) in [6.07, 6.45) is 7.60. The zero-order chi connectivity index (χ0) is 15.5. The summed E-state index contributed by atoms with van der Waals surface area (Å²) in [5, 5.41) is 12.4. The Bertz CT molecular complexity index is 795. The SMILES string of the molecule is Cn1cc(NS(=O)(=O)c2cncc(C=CC(=O)O)c2)cn1. The van der Waals surface area contributed by atoms with Gasteiger partial charge in [-0.25, -0.2) is 13.2 Å². The number of aromatic nitrogens is 3. The van der Waals surface area contributed by atoms with E-state index in [1.807, 2.05) is 0 Å². The Morgan fingerprint density at radius 1 is 1.38 bits per heavy atom. The van der Waals surface area contributed by atoms with Gasteiger partial charge in [0.1, 0.15) is 4.90 Å². The van der Waals surface area contributed by atoms with Gasteiger partial charge in [0.2, 0.25) is 0 Å². The summed E-state index contributed by atoms with van der Waals surface area (Å²) < 4.78 is 28.2. The maximum atomic E-state index is 12.2. The Hall–Kier alpha value is -2.68. The number of sulfonamides is 1. The number of anilines is 1. The molecular formula is C12H12N4O4S. The van der Waals surface area contributed by atoms with Crippen molar-refractivity contribution in [1.29, 1.82) is 0 Å². The van der Waals surface area contributed by atoms with Crippen LogP contribution in [-0.2, 0) is 21.9 Å². The predicted octanol–water partition coefficient (Wildman–Crippen LogP) is 0.714. The molecule has 9 heteroatoms. The van der Waals surface area contributed by atoms with Gasteiger partial charge in [-0.3, -0.25) is 14.4 Å². The molecule has 0 aliphatic heterocycles. The summed E-state index contributed by atoms with van der Waals surface area (Å²) in [6, 6.07) is 1.32. The van der Waals surface area contributed by atoms with Gasteiger partial charge in [0.05, 0.1) is 11.9 Å². The molecule has 0 aliphatic carbocycles. The molecule has 0 atom stereocenters. The fraction of sp³-hybridized carbons (Fsp3) is 0.0833. The van der Waals surface area contributed by atoms with Gasteiger partial charge in [-0.2, -0.15) is 5.10 Å². The van der Waals surface area contributed by atoms with Crippen LogP contribution >= 0.6 is 0 Å². The monoisotopic (exact) mass is 308 g/mol. The van der Waals surface area contributed by atoms with Crippen molar-refractivity contribution in [3.63, 3.8) is 0 Å². The first-order valence-electron chi connectivity index (χ1n) is 5.74. The molecule has 0 aliphatic rings. The standard InChI is InChI=1S/C12H12N4O4S/c1-16-8-10(6-14-16)15-21(19,20)11-4-9(5-13-7-11)2-3-12(17)18/h2-8,15H,1H3,(H,17,18). The molecule has 0 saturated carbocycles. The van der Waals surface area contributed by atoms with Crippen LogP contribution in [0.4, 0.5) is 5.69 Å². The number of hydrogen-bond acceptors (Lipinski definition) is 5. The molecule has 2 N–H and O–H groups in total. The van der Waals surface area contributed by atoms with Crippen LogP contribution in [0.5, 0.6) is 0 Å². The third-order valence-electron chi connectivity index (χ3n) is 2.42. The van der Waals surface area contributed by atoms with Crippen LogP contribution in [0.2, 0.25) is 0 Å². The maximum absolute atomic E-state index is 12.2. The Morgan fingerprint density at radius 3 is 2.76 bits per heavy atom. The van der Waals surface area contributed by atoms with Crippen LogP contribution in [0, 0.1) is 0 Å². The van der Waals surface area contributed by atoms with E-state index in [2.05, 4.69) is 14.8 Å². The highest BCUT2D eigenvalue weighted by Crippen LogP contribution is 2.16. The predicted molar refractivity (Wildman–Crippen MR) is 74.9 cm³/mol. The van der Waals surface area contributed by atoms with E-state index in [1.165, 1.54) is 41.6 Å². The topological polar surface area (TPSA) is 114 Å². The summed E-state index contributed by atoms with van der Waals surface area (Å²) in [7, 11) is -2.14. The summed E-state index contributed by atoms with van der Waals surface area (Å²) in [5.74, 6) is -1.13. The molecule has 2 heterocycles. The van der Waals surface area contributed by atoms with Crippen LogP contribution in [0.1, 0.15) is 5.56 Å². The minimum Gasteiger partial charge on any atom is -0.478 e. The molecule has 2 aromatic heterocycles. The number of hydrogen-bond donors (Lipinski definition) is 2. The third kappa shape index (κ3) is 3.89. The number of pyridine rings is 1. The molecule has 0 fully saturated rings. The fourth-order valence-corrected chi connectivity index (χ4v) is 2.55. The van der Waals surface area contributed by atoms with E-state index in [0.717, 1.165) is 6.08 Å². The summed E-state index contributed by atoms with van der Waals surface area (Å²) in [5.41, 5.74) is 0.690. The van der Waals surface area contributed by atoms with Gasteiger partial charge in [-0.15, -0.1) is 0 Å². The lowest BCUT2D eigenvalue weighted by Gasteiger charge is -2.05. The Morgan fingerprint density at radius 2 is 2.14 bits per heavy atom. The minimum absolute atomic E-state index is 0.0705. The van der Waals surface area contributed by atoms with Gasteiger partial charge < -0.3 is 5.11 Å². The molecule has 110 valence electrons. The lowest BCUT2D eigenvalue weighted by atomic mass is 10.2. The fourth-order valence-electron chi connectivity index (χ4n) is 1.53. The van der Waals surface area contributed by atoms with E-state index >= 15 is 0 Å². The van der Waals surface area contributed by atoms with Crippen LogP contribution in [0.15, 0.2) is 41.8 Å². The highest BCUT2D eigenvalue weighted by atomic mass is 32.2. The van der Waals surface area contributed by atoms with Crippen molar-refractivity contribution in [3.8, 4) is 0 Å². The van der Waals surface area contributed by atoms with Gasteiger partial charge in [-0.05, 0) is 17.7 Å². The van der Waals surface area contributed by atoms with Crippen molar-refractivity contribution >= 4 is 27.8 Å². The summed E-state index contributed by atoms with van der Waals surface area (Å²) in [4.78, 5) is 14.2. The van der Waals surface area contributed by atoms with Gasteiger partial charge in [-0.1, -0.05) is 0 Å². The molecule has 0 unspecified atom stereocenters. The smallest absolute Gasteiger partial charge is 0.328 e. The van der Waals surface area contributed by atoms with Crippen molar-refractivity contribution in [2.75, 3.05) is 4.72 Å². The van der Waals surface area contributed by atoms with Crippen molar-refractivity contribution in [2.24, 2.45) is 7.05 Å². The highest BCUT2D eigenvalue weighted by molar-refractivity contribution is 7.92. The molecule has 0 aromatic carbocycles. The Balaban J connectivity index is 2.27. The average Bonchev–Trinajstić information content (AvgIpc) is 2.81. The molecule has 8 nitrogen and oxygen atoms in total. The first-order valence-corrected chi connectivity index (χ1v) is 7.23. The molecule has 0 spiro atoms. The zero-order valence-corrected chi connectivity index (χ0v) is 11.8. The molecule has 2 aromatic rings. The van der Waals surface area contributed by atoms with Crippen LogP contribution in [0.25, 0.3) is 6.08 Å². The normalized spacial score (nSPS) is 11.7. The third-order valence-corrected chi connectivity index (χ3v) is 3.77. The maximum Gasteiger partial charge on any atom is 0.328 e. The summed E-state index contributed by atoms with van der Waals surface area (Å²) in [6.45, 7) is 0. The van der Waals surface area contributed by atoms with Gasteiger partial charge >= 0.3 is 5.97 Å². The number of carbonyl (C=O) groups is 1. The van der Waals surface area contributed by atoms with E-state index in [-0.39, 0.29) is 4.90 Å². The molecule has 0 radical (unpaired) electrons. The number of carboxylic acids is 1. The average molecular weight is 308 g/mol. The second-order valence-corrected chi connectivity index (χ2v) is 5.82. The van der Waals surface area contributed by atoms with Crippen LogP contribution in [-0.4, -0.2) is 34.3 Å². The first kappa shape index (κ1) is 14.7. The van der Waals surface area contributed by atoms with E-state index < -0.39 is 16.0 Å². The van der Waals surface area contributed by atoms with Crippen molar-refractivity contribution in [1.82, 2.24) is 14.8 Å². The van der Waals surface area contributed by atoms with E-state index in [0.29, 0.717) is 11.3 Å². The van der Waals surface area contributed by atoms with Gasteiger partial charge in [0, 0.05) is 31.7 Å². The molecule has 0 bridgehead atoms. The molecule has 2 rings (SSSR count). The largest absolute Gasteiger partial charge is 0.478 e. The lowest BCUT2D eigenvalue weighted by molar-refractivity contribution is -0.131. The minimum atomic E-state index is -3.81. The first-order chi connectivity index (χ1) is 9.87. The highest BCUT2D eigenvalue weighted by Gasteiger charge is 2.15. The van der Waals surface area contributed by atoms with Crippen LogP contribution in [0.3, 0.4) is 0 Å². The number of carboxylic acid groups (broad SMARTS) is 1. The van der Waals surface area contributed by atoms with E-state index in [9.17, 15) is 13.2 Å². The number of aliphatic carboxylic acids is 1. The number of aryl methyl sites for hydroxylation is 1. The van der Waals surface area contributed by atoms with Crippen molar-refractivity contribution in [3.05, 3.63) is 42.5 Å². The van der Waals surface area contributed by atoms with E-state index in [4.69, 9.17) is 5.11 Å². The van der Waals surface area contributed by atoms with Crippen LogP contribution < -0.4 is 4.72 Å². The zero-order valence-electron chi connectivity index (χ0n) is 11.0. The number of rotatable bonds is 5. The van der Waals surface area contributed by atoms with Crippen molar-refractivity contribution in [2.45, 2.75) is 4.90 Å². The number of nitrogens with one attached hydrogen (secondary N) is 1. The second kappa shape index (κ2) is 5.75. The quantitative estimate of drug-likeness (QED) is 0.786. The summed E-state index contributed by atoms with van der Waals surface area (Å²) >= 11 is 0. The van der Waals surface area contributed by atoms with E-state index in [1.54, 1.807) is 7.05 Å². The molecule has 21 heavy (non-hydrogen) atoms. The lowest BCUT2D eigenvalue weighted by Crippen LogP contribution is -2.13. The number of nitrogens with zero attached hydrogens (tertiary/aromatic N) is 3. The molecular weight excluding hydrogens is 296 g/mol. The van der Waals surface area contributed by atoms with Gasteiger partial charge in [0.15, 0.2) is 0 Å². The Kier molecular flexibility index (Phi) is 4.03. The second-order valence-electron chi connectivity index (χ2n) is 4.13. The molecule has 0 amide bonds. The molecule has 0 saturated heterocycles. The van der Waals surface area contributed by atoms with Crippen molar-refractivity contribution < 1.29 is 18.3 Å². The van der Waals surface area contributed by atoms with Gasteiger partial charge in [0.25, 0.3) is 10.0 Å².